The van der Waals surface area contributed by atoms with E-state index in [9.17, 15) is 9.90 Å². The van der Waals surface area contributed by atoms with Crippen molar-refractivity contribution < 1.29 is 19.4 Å². The first-order valence-corrected chi connectivity index (χ1v) is 5.84. The predicted octanol–water partition coefficient (Wildman–Crippen LogP) is 2.43. The molecule has 0 aliphatic carbocycles. The third-order valence-corrected chi connectivity index (χ3v) is 2.84. The molecule has 1 aliphatic rings. The second-order valence-corrected chi connectivity index (χ2v) is 4.08. The van der Waals surface area contributed by atoms with Gasteiger partial charge in [-0.2, -0.15) is 0 Å². The zero-order valence-electron chi connectivity index (χ0n) is 9.81. The molecule has 4 heteroatoms. The summed E-state index contributed by atoms with van der Waals surface area (Å²) in [6.45, 7) is 3.04. The number of benzene rings is 1. The Morgan fingerprint density at radius 1 is 1.35 bits per heavy atom. The number of carboxylic acid groups (broad SMARTS) is 1. The van der Waals surface area contributed by atoms with Crippen molar-refractivity contribution in [1.29, 1.82) is 0 Å². The standard InChI is InChI=1S/C13H16O4/c1-2-3-10(13(14)15)9-4-5-11-12(8-9)17-7-6-16-11/h4-5,8,10H,2-3,6-7H2,1H3,(H,14,15). The summed E-state index contributed by atoms with van der Waals surface area (Å²) in [5, 5.41) is 9.19. The summed E-state index contributed by atoms with van der Waals surface area (Å²) < 4.78 is 10.9. The average molecular weight is 236 g/mol. The monoisotopic (exact) mass is 236 g/mol. The molecule has 0 saturated carbocycles. The summed E-state index contributed by atoms with van der Waals surface area (Å²) in [7, 11) is 0. The van der Waals surface area contributed by atoms with Crippen LogP contribution in [0, 0.1) is 0 Å². The van der Waals surface area contributed by atoms with Crippen LogP contribution in [-0.2, 0) is 4.79 Å². The van der Waals surface area contributed by atoms with E-state index < -0.39 is 11.9 Å². The van der Waals surface area contributed by atoms with Gasteiger partial charge in [0.15, 0.2) is 11.5 Å². The Labute approximate surface area is 100 Å². The van der Waals surface area contributed by atoms with Crippen LogP contribution in [0.3, 0.4) is 0 Å². The van der Waals surface area contributed by atoms with Crippen molar-refractivity contribution in [1.82, 2.24) is 0 Å². The lowest BCUT2D eigenvalue weighted by Crippen LogP contribution is -2.16. The van der Waals surface area contributed by atoms with Gasteiger partial charge in [0.05, 0.1) is 5.92 Å². The van der Waals surface area contributed by atoms with Crippen molar-refractivity contribution in [2.24, 2.45) is 0 Å². The van der Waals surface area contributed by atoms with Crippen LogP contribution < -0.4 is 9.47 Å². The second kappa shape index (κ2) is 5.08. The van der Waals surface area contributed by atoms with Crippen LogP contribution in [0.25, 0.3) is 0 Å². The first-order chi connectivity index (χ1) is 8.22. The lowest BCUT2D eigenvalue weighted by molar-refractivity contribution is -0.139. The van der Waals surface area contributed by atoms with Gasteiger partial charge in [0.25, 0.3) is 0 Å². The van der Waals surface area contributed by atoms with E-state index in [2.05, 4.69) is 0 Å². The molecule has 92 valence electrons. The molecule has 4 nitrogen and oxygen atoms in total. The molecule has 1 heterocycles. The highest BCUT2D eigenvalue weighted by molar-refractivity contribution is 5.76. The fourth-order valence-corrected chi connectivity index (χ4v) is 2.00. The summed E-state index contributed by atoms with van der Waals surface area (Å²) >= 11 is 0. The minimum Gasteiger partial charge on any atom is -0.486 e. The Kier molecular flexibility index (Phi) is 3.52. The number of hydrogen-bond donors (Lipinski definition) is 1. The molecule has 1 aromatic rings. The molecule has 1 unspecified atom stereocenters. The fourth-order valence-electron chi connectivity index (χ4n) is 2.00. The lowest BCUT2D eigenvalue weighted by Gasteiger charge is -2.20. The van der Waals surface area contributed by atoms with Gasteiger partial charge in [0.2, 0.25) is 0 Å². The van der Waals surface area contributed by atoms with Crippen LogP contribution in [-0.4, -0.2) is 24.3 Å². The smallest absolute Gasteiger partial charge is 0.310 e. The topological polar surface area (TPSA) is 55.8 Å². The predicted molar refractivity (Wildman–Crippen MR) is 62.7 cm³/mol. The van der Waals surface area contributed by atoms with E-state index >= 15 is 0 Å². The summed E-state index contributed by atoms with van der Waals surface area (Å²) in [4.78, 5) is 11.2. The Hall–Kier alpha value is -1.71. The minimum absolute atomic E-state index is 0.462. The molecule has 0 bridgehead atoms. The van der Waals surface area contributed by atoms with Gasteiger partial charge in [-0.3, -0.25) is 4.79 Å². The zero-order valence-corrected chi connectivity index (χ0v) is 9.81. The van der Waals surface area contributed by atoms with E-state index in [1.807, 2.05) is 13.0 Å². The van der Waals surface area contributed by atoms with Crippen LogP contribution in [0.2, 0.25) is 0 Å². The number of carbonyl (C=O) groups is 1. The Bertz CT molecular complexity index is 414. The van der Waals surface area contributed by atoms with Gasteiger partial charge in [-0.1, -0.05) is 19.4 Å². The largest absolute Gasteiger partial charge is 0.486 e. The van der Waals surface area contributed by atoms with Gasteiger partial charge < -0.3 is 14.6 Å². The SMILES string of the molecule is CCCC(C(=O)O)c1ccc2c(c1)OCCO2. The molecule has 1 aliphatic heterocycles. The third kappa shape index (κ3) is 2.52. The molecule has 1 aromatic carbocycles. The van der Waals surface area contributed by atoms with Crippen molar-refractivity contribution in [3.05, 3.63) is 23.8 Å². The zero-order chi connectivity index (χ0) is 12.3. The van der Waals surface area contributed by atoms with Gasteiger partial charge >= 0.3 is 5.97 Å². The van der Waals surface area contributed by atoms with E-state index in [1.165, 1.54) is 0 Å². The highest BCUT2D eigenvalue weighted by atomic mass is 16.6. The van der Waals surface area contributed by atoms with Crippen LogP contribution in [0.4, 0.5) is 0 Å². The van der Waals surface area contributed by atoms with Crippen molar-refractivity contribution in [2.45, 2.75) is 25.7 Å². The number of aliphatic carboxylic acids is 1. The molecule has 1 atom stereocenters. The first-order valence-electron chi connectivity index (χ1n) is 5.84. The Balaban J connectivity index is 2.28. The van der Waals surface area contributed by atoms with Gasteiger partial charge in [0, 0.05) is 0 Å². The molecule has 0 spiro atoms. The van der Waals surface area contributed by atoms with Gasteiger partial charge in [-0.05, 0) is 24.1 Å². The maximum Gasteiger partial charge on any atom is 0.310 e. The average Bonchev–Trinajstić information content (AvgIpc) is 2.35. The van der Waals surface area contributed by atoms with Gasteiger partial charge in [-0.15, -0.1) is 0 Å². The number of carboxylic acids is 1. The maximum atomic E-state index is 11.2. The van der Waals surface area contributed by atoms with Crippen molar-refractivity contribution in [3.63, 3.8) is 0 Å². The molecule has 0 fully saturated rings. The van der Waals surface area contributed by atoms with Crippen molar-refractivity contribution in [2.75, 3.05) is 13.2 Å². The minimum atomic E-state index is -0.788. The summed E-state index contributed by atoms with van der Waals surface area (Å²) in [6, 6.07) is 5.38. The molecule has 17 heavy (non-hydrogen) atoms. The Morgan fingerprint density at radius 3 is 2.71 bits per heavy atom. The molecule has 0 amide bonds. The van der Waals surface area contributed by atoms with Crippen LogP contribution >= 0.6 is 0 Å². The van der Waals surface area contributed by atoms with E-state index in [1.54, 1.807) is 12.1 Å². The van der Waals surface area contributed by atoms with E-state index in [0.29, 0.717) is 31.1 Å². The normalized spacial score (nSPS) is 15.4. The first kappa shape index (κ1) is 11.8. The van der Waals surface area contributed by atoms with E-state index in [-0.39, 0.29) is 0 Å². The number of ether oxygens (including phenoxy) is 2. The lowest BCUT2D eigenvalue weighted by atomic mass is 9.94. The molecule has 2 rings (SSSR count). The van der Waals surface area contributed by atoms with Crippen LogP contribution in [0.15, 0.2) is 18.2 Å². The van der Waals surface area contributed by atoms with Crippen LogP contribution in [0.1, 0.15) is 31.2 Å². The highest BCUT2D eigenvalue weighted by Crippen LogP contribution is 2.34. The molecule has 0 saturated heterocycles. The summed E-state index contributed by atoms with van der Waals surface area (Å²) in [6.07, 6.45) is 1.47. The number of rotatable bonds is 4. The molecule has 1 N–H and O–H groups in total. The third-order valence-electron chi connectivity index (χ3n) is 2.84. The quantitative estimate of drug-likeness (QED) is 0.872. The van der Waals surface area contributed by atoms with E-state index in [4.69, 9.17) is 9.47 Å². The molecule has 0 aromatic heterocycles. The van der Waals surface area contributed by atoms with Gasteiger partial charge in [-0.25, -0.2) is 0 Å². The van der Waals surface area contributed by atoms with Gasteiger partial charge in [0.1, 0.15) is 13.2 Å². The fraction of sp³-hybridized carbons (Fsp3) is 0.462. The summed E-state index contributed by atoms with van der Waals surface area (Å²) in [5.74, 6) is 0.0936. The van der Waals surface area contributed by atoms with E-state index in [0.717, 1.165) is 12.0 Å². The number of fused-ring (bicyclic) bond motifs is 1. The Morgan fingerprint density at radius 2 is 2.06 bits per heavy atom. The molecular formula is C13H16O4. The highest BCUT2D eigenvalue weighted by Gasteiger charge is 2.21. The molecule has 0 radical (unpaired) electrons. The molecular weight excluding hydrogens is 220 g/mol. The van der Waals surface area contributed by atoms with Crippen molar-refractivity contribution in [3.8, 4) is 11.5 Å². The van der Waals surface area contributed by atoms with Crippen LogP contribution in [0.5, 0.6) is 11.5 Å². The second-order valence-electron chi connectivity index (χ2n) is 4.08. The summed E-state index contributed by atoms with van der Waals surface area (Å²) in [5.41, 5.74) is 0.781. The number of hydrogen-bond acceptors (Lipinski definition) is 3. The van der Waals surface area contributed by atoms with Crippen molar-refractivity contribution >= 4 is 5.97 Å². The maximum absolute atomic E-state index is 11.2.